The number of hydrogen-bond donors (Lipinski definition) is 4. The van der Waals surface area contributed by atoms with Crippen LogP contribution in [-0.2, 0) is 9.59 Å². The van der Waals surface area contributed by atoms with E-state index in [9.17, 15) is 18.4 Å². The van der Waals surface area contributed by atoms with Crippen molar-refractivity contribution in [1.29, 1.82) is 0 Å². The van der Waals surface area contributed by atoms with Crippen LogP contribution in [0, 0.1) is 11.6 Å². The van der Waals surface area contributed by atoms with Gasteiger partial charge in [-0.1, -0.05) is 66.5 Å². The van der Waals surface area contributed by atoms with Gasteiger partial charge in [0.25, 0.3) is 0 Å². The van der Waals surface area contributed by atoms with Crippen LogP contribution in [0.5, 0.6) is 0 Å². The first kappa shape index (κ1) is 40.2. The molecule has 8 rings (SSSR count). The molecule has 4 aromatic carbocycles. The van der Waals surface area contributed by atoms with E-state index in [1.165, 1.54) is 31.2 Å². The molecule has 10 nitrogen and oxygen atoms in total. The zero-order valence-corrected chi connectivity index (χ0v) is 33.0. The Morgan fingerprint density at radius 2 is 1.05 bits per heavy atom. The second kappa shape index (κ2) is 18.1. The third-order valence-electron chi connectivity index (χ3n) is 8.81. The highest BCUT2D eigenvalue weighted by atomic mass is 35.5. The molecule has 14 heteroatoms. The smallest absolute Gasteiger partial charge is 0.225 e. The van der Waals surface area contributed by atoms with Crippen molar-refractivity contribution in [1.82, 2.24) is 19.9 Å². The molecule has 4 N–H and O–H groups in total. The number of anilines is 6. The molecule has 0 aliphatic heterocycles. The van der Waals surface area contributed by atoms with Gasteiger partial charge in [0.05, 0.1) is 33.8 Å². The minimum atomic E-state index is -0.403. The number of para-hydroxylation sites is 2. The van der Waals surface area contributed by atoms with Gasteiger partial charge >= 0.3 is 0 Å². The van der Waals surface area contributed by atoms with E-state index >= 15 is 0 Å². The highest BCUT2D eigenvalue weighted by Crippen LogP contribution is 2.35. The monoisotopic (exact) mass is 826 g/mol. The molecule has 2 amide bonds. The fourth-order valence-electron chi connectivity index (χ4n) is 6.10. The summed E-state index contributed by atoms with van der Waals surface area (Å²) in [5, 5.41) is 14.7. The van der Waals surface area contributed by atoms with Crippen LogP contribution >= 0.6 is 23.2 Å². The van der Waals surface area contributed by atoms with Crippen LogP contribution in [0.2, 0.25) is 10.0 Å². The maximum Gasteiger partial charge on any atom is 0.225 e. The lowest BCUT2D eigenvalue weighted by atomic mass is 10.1. The molecule has 8 aromatic rings. The lowest BCUT2D eigenvalue weighted by Crippen LogP contribution is -2.10. The molecule has 0 saturated carbocycles. The fourth-order valence-corrected chi connectivity index (χ4v) is 6.44. The summed E-state index contributed by atoms with van der Waals surface area (Å²) in [5.74, 6) is -0.245. The maximum absolute atomic E-state index is 14.5. The highest BCUT2D eigenvalue weighted by molar-refractivity contribution is 6.31. The number of carbonyl (C=O) groups is 2. The van der Waals surface area contributed by atoms with Crippen molar-refractivity contribution in [3.8, 4) is 22.5 Å². The molecule has 0 radical (unpaired) electrons. The number of carbonyl (C=O) groups excluding carboxylic acids is 2. The quantitative estimate of drug-likeness (QED) is 0.113. The molecule has 0 bridgehead atoms. The van der Waals surface area contributed by atoms with Gasteiger partial charge in [-0.2, -0.15) is 0 Å². The van der Waals surface area contributed by atoms with Gasteiger partial charge in [0.2, 0.25) is 11.8 Å². The molecule has 0 aliphatic rings. The normalized spacial score (nSPS) is 10.7. The Balaban J connectivity index is 0.000000179. The van der Waals surface area contributed by atoms with E-state index in [2.05, 4.69) is 41.2 Å². The van der Waals surface area contributed by atoms with Crippen molar-refractivity contribution in [3.05, 3.63) is 155 Å². The number of halogens is 4. The lowest BCUT2D eigenvalue weighted by molar-refractivity contribution is -0.116. The Hall–Kier alpha value is -7.02. The van der Waals surface area contributed by atoms with Gasteiger partial charge in [-0.15, -0.1) is 0 Å². The molecule has 0 unspecified atom stereocenters. The van der Waals surface area contributed by atoms with Crippen molar-refractivity contribution < 1.29 is 18.4 Å². The molecule has 0 spiro atoms. The molecule has 4 aromatic heterocycles. The van der Waals surface area contributed by atoms with Gasteiger partial charge in [-0.25, -0.2) is 28.7 Å². The third kappa shape index (κ3) is 9.93. The molecular formula is C45H34Cl2F2N8O2. The van der Waals surface area contributed by atoms with E-state index < -0.39 is 11.6 Å². The number of amides is 2. The van der Waals surface area contributed by atoms with Crippen LogP contribution in [0.1, 0.15) is 20.3 Å². The van der Waals surface area contributed by atoms with Crippen LogP contribution in [0.3, 0.4) is 0 Å². The van der Waals surface area contributed by atoms with Crippen LogP contribution in [0.25, 0.3) is 44.3 Å². The molecule has 0 atom stereocenters. The topological polar surface area (TPSA) is 134 Å². The number of rotatable bonds is 9. The van der Waals surface area contributed by atoms with Gasteiger partial charge in [0.15, 0.2) is 0 Å². The number of aromatic nitrogens is 4. The van der Waals surface area contributed by atoms with Gasteiger partial charge < -0.3 is 21.3 Å². The summed E-state index contributed by atoms with van der Waals surface area (Å²) in [5.41, 5.74) is 5.92. The summed E-state index contributed by atoms with van der Waals surface area (Å²) in [7, 11) is 0. The summed E-state index contributed by atoms with van der Waals surface area (Å²) in [4.78, 5) is 40.5. The Bertz CT molecular complexity index is 2860. The Labute approximate surface area is 347 Å². The average Bonchev–Trinajstić information content (AvgIpc) is 3.22. The number of nitrogens with zero attached hydrogens (tertiary/aromatic N) is 4. The van der Waals surface area contributed by atoms with E-state index in [1.54, 1.807) is 67.8 Å². The van der Waals surface area contributed by atoms with Gasteiger partial charge in [0.1, 0.15) is 23.3 Å². The predicted octanol–water partition coefficient (Wildman–Crippen LogP) is 12.0. The van der Waals surface area contributed by atoms with E-state index in [-0.39, 0.29) is 11.8 Å². The van der Waals surface area contributed by atoms with Crippen molar-refractivity contribution in [2.24, 2.45) is 0 Å². The maximum atomic E-state index is 14.5. The van der Waals surface area contributed by atoms with Crippen LogP contribution in [-0.4, -0.2) is 31.8 Å². The molecular weight excluding hydrogens is 793 g/mol. The second-order valence-corrected chi connectivity index (χ2v) is 14.0. The molecule has 0 aliphatic carbocycles. The summed E-state index contributed by atoms with van der Waals surface area (Å²) in [6.45, 7) is 3.20. The number of hydrogen-bond acceptors (Lipinski definition) is 8. The third-order valence-corrected chi connectivity index (χ3v) is 9.28. The Kier molecular flexibility index (Phi) is 12.3. The largest absolute Gasteiger partial charge is 0.355 e. The van der Waals surface area contributed by atoms with Crippen molar-refractivity contribution >= 4 is 91.2 Å². The number of pyridine rings is 4. The summed E-state index contributed by atoms with van der Waals surface area (Å²) in [6, 6.07) is 34.5. The summed E-state index contributed by atoms with van der Waals surface area (Å²) < 4.78 is 28.9. The van der Waals surface area contributed by atoms with Crippen molar-refractivity contribution in [3.63, 3.8) is 0 Å². The van der Waals surface area contributed by atoms with Gasteiger partial charge in [0, 0.05) is 81.2 Å². The van der Waals surface area contributed by atoms with Gasteiger partial charge in [-0.3, -0.25) is 9.59 Å². The molecule has 294 valence electrons. The van der Waals surface area contributed by atoms with Crippen LogP contribution in [0.15, 0.2) is 134 Å². The molecule has 59 heavy (non-hydrogen) atoms. The van der Waals surface area contributed by atoms with Crippen LogP contribution < -0.4 is 21.3 Å². The number of benzene rings is 4. The second-order valence-electron chi connectivity index (χ2n) is 13.1. The zero-order chi connectivity index (χ0) is 41.5. The lowest BCUT2D eigenvalue weighted by Gasteiger charge is -2.13. The Morgan fingerprint density at radius 1 is 0.593 bits per heavy atom. The minimum Gasteiger partial charge on any atom is -0.355 e. The van der Waals surface area contributed by atoms with Crippen LogP contribution in [0.4, 0.5) is 43.2 Å². The van der Waals surface area contributed by atoms with Crippen molar-refractivity contribution in [2.75, 3.05) is 21.3 Å². The van der Waals surface area contributed by atoms with E-state index in [4.69, 9.17) is 23.2 Å². The molecule has 0 fully saturated rings. The summed E-state index contributed by atoms with van der Waals surface area (Å²) in [6.07, 6.45) is 3.56. The first-order chi connectivity index (χ1) is 28.5. The standard InChI is InChI=1S/C23H18ClFN4O.C22H16ClFN4O/c1-2-23(30)29-22-12-15(9-10-26-22)27-20-13-21(17-11-14(24)7-8-18(17)25)28-19-6-4-3-5-16(19)20;1-13(29)26-22-11-15(8-9-25-22)27-20-12-21(17-10-14(23)6-7-18(17)24)28-19-5-3-2-4-16(19)20/h3-13H,2H2,1H3,(H2,26,27,28,29,30);2-12H,1H3,(H2,25,26,27,28,29). The van der Waals surface area contributed by atoms with Crippen molar-refractivity contribution in [2.45, 2.75) is 20.3 Å². The van der Waals surface area contributed by atoms with E-state index in [0.29, 0.717) is 61.6 Å². The molecule has 4 heterocycles. The predicted molar refractivity (Wildman–Crippen MR) is 233 cm³/mol. The first-order valence-corrected chi connectivity index (χ1v) is 19.0. The zero-order valence-electron chi connectivity index (χ0n) is 31.5. The highest BCUT2D eigenvalue weighted by Gasteiger charge is 2.14. The first-order valence-electron chi connectivity index (χ1n) is 18.3. The number of nitrogens with one attached hydrogen (secondary N) is 4. The average molecular weight is 828 g/mol. The van der Waals surface area contributed by atoms with E-state index in [0.717, 1.165) is 33.5 Å². The summed E-state index contributed by atoms with van der Waals surface area (Å²) >= 11 is 12.1. The number of fused-ring (bicyclic) bond motifs is 2. The van der Waals surface area contributed by atoms with E-state index in [1.807, 2.05) is 48.5 Å². The SMILES string of the molecule is CC(=O)Nc1cc(Nc2cc(-c3cc(Cl)ccc3F)nc3ccccc23)ccn1.CCC(=O)Nc1cc(Nc2cc(-c3cc(Cl)ccc3F)nc3ccccc23)ccn1. The minimum absolute atomic E-state index is 0.118. The van der Waals surface area contributed by atoms with Gasteiger partial charge in [-0.05, 0) is 72.8 Å². The fraction of sp³-hybridized carbons (Fsp3) is 0.0667. The molecule has 0 saturated heterocycles. The Morgan fingerprint density at radius 3 is 1.51 bits per heavy atom.